The molecule has 0 aromatic heterocycles. The minimum Gasteiger partial charge on any atom is -0.385 e. The number of rotatable bonds is 1. The highest BCUT2D eigenvalue weighted by atomic mass is 16.3. The highest BCUT2D eigenvalue weighted by molar-refractivity contribution is 5.46. The Morgan fingerprint density at radius 2 is 1.75 bits per heavy atom. The lowest BCUT2D eigenvalue weighted by Crippen LogP contribution is -2.54. The Balaban J connectivity index is 2.02. The lowest BCUT2D eigenvalue weighted by Gasteiger charge is -2.46. The zero-order chi connectivity index (χ0) is 14.3. The Morgan fingerprint density at radius 1 is 1.20 bits per heavy atom. The van der Waals surface area contributed by atoms with Crippen LogP contribution in [0, 0.1) is 25.2 Å². The molecule has 3 heteroatoms. The van der Waals surface area contributed by atoms with Crippen molar-refractivity contribution in [2.24, 2.45) is 0 Å². The van der Waals surface area contributed by atoms with Crippen molar-refractivity contribution < 1.29 is 5.11 Å². The van der Waals surface area contributed by atoms with Gasteiger partial charge in [-0.15, -0.1) is 0 Å². The molecule has 2 heterocycles. The topological polar surface area (TPSA) is 56.0 Å². The predicted molar refractivity (Wildman–Crippen MR) is 78.3 cm³/mol. The molecule has 2 aliphatic rings. The molecule has 0 amide bonds. The van der Waals surface area contributed by atoms with Crippen LogP contribution in [0.2, 0.25) is 0 Å². The molecule has 20 heavy (non-hydrogen) atoms. The number of aliphatic hydroxyl groups is 1. The number of nitrogens with one attached hydrogen (secondary N) is 1. The van der Waals surface area contributed by atoms with Crippen molar-refractivity contribution in [3.8, 4) is 6.07 Å². The lowest BCUT2D eigenvalue weighted by molar-refractivity contribution is -0.0367. The summed E-state index contributed by atoms with van der Waals surface area (Å²) in [5.74, 6) is 0. The first-order valence-corrected chi connectivity index (χ1v) is 7.52. The summed E-state index contributed by atoms with van der Waals surface area (Å²) in [6, 6.07) is 6.86. The normalized spacial score (nSPS) is 32.7. The molecule has 2 N–H and O–H groups in total. The minimum absolute atomic E-state index is 0.432. The number of nitrogens with zero attached hydrogens (tertiary/aromatic N) is 1. The van der Waals surface area contributed by atoms with Crippen LogP contribution in [-0.4, -0.2) is 17.2 Å². The number of hydrogen-bond acceptors (Lipinski definition) is 3. The Labute approximate surface area is 120 Å². The van der Waals surface area contributed by atoms with Gasteiger partial charge in [0.05, 0.1) is 17.2 Å². The zero-order valence-electron chi connectivity index (χ0n) is 12.2. The molecule has 106 valence electrons. The number of hydrogen-bond donors (Lipinski definition) is 2. The third kappa shape index (κ3) is 2.24. The Bertz CT molecular complexity index is 538. The molecule has 2 aliphatic heterocycles. The van der Waals surface area contributed by atoms with Gasteiger partial charge in [-0.05, 0) is 68.4 Å². The van der Waals surface area contributed by atoms with E-state index < -0.39 is 5.60 Å². The standard InChI is InChI=1S/C17H22N2O/c1-11-6-13(10-18)7-12(2)16(11)17(20)8-14-4-3-5-15(9-17)19-14/h6-7,14-15,19-20H,3-5,8-9H2,1-2H3. The molecule has 0 spiro atoms. The molecule has 3 rings (SSSR count). The van der Waals surface area contributed by atoms with E-state index in [0.29, 0.717) is 17.6 Å². The van der Waals surface area contributed by atoms with Gasteiger partial charge in [0.15, 0.2) is 0 Å². The smallest absolute Gasteiger partial charge is 0.0991 e. The van der Waals surface area contributed by atoms with E-state index >= 15 is 0 Å². The summed E-state index contributed by atoms with van der Waals surface area (Å²) in [6.45, 7) is 4.03. The molecule has 2 fully saturated rings. The lowest BCUT2D eigenvalue weighted by atomic mass is 9.71. The zero-order valence-corrected chi connectivity index (χ0v) is 12.2. The summed E-state index contributed by atoms with van der Waals surface area (Å²) in [6.07, 6.45) is 5.16. The van der Waals surface area contributed by atoms with Crippen LogP contribution < -0.4 is 5.32 Å². The fourth-order valence-corrected chi connectivity index (χ4v) is 4.30. The Hall–Kier alpha value is -1.37. The highest BCUT2D eigenvalue weighted by Crippen LogP contribution is 2.42. The molecule has 2 unspecified atom stereocenters. The molecule has 2 bridgehead atoms. The van der Waals surface area contributed by atoms with Gasteiger partial charge < -0.3 is 10.4 Å². The van der Waals surface area contributed by atoms with Crippen molar-refractivity contribution in [3.05, 3.63) is 34.4 Å². The van der Waals surface area contributed by atoms with Crippen LogP contribution in [0.25, 0.3) is 0 Å². The molecular formula is C17H22N2O. The number of piperidine rings is 2. The summed E-state index contributed by atoms with van der Waals surface area (Å²) >= 11 is 0. The van der Waals surface area contributed by atoms with Crippen LogP contribution in [-0.2, 0) is 5.60 Å². The van der Waals surface area contributed by atoms with E-state index in [1.807, 2.05) is 26.0 Å². The van der Waals surface area contributed by atoms with Crippen molar-refractivity contribution in [3.63, 3.8) is 0 Å². The molecular weight excluding hydrogens is 248 g/mol. The second-order valence-electron chi connectivity index (χ2n) is 6.53. The second-order valence-corrected chi connectivity index (χ2v) is 6.53. The van der Waals surface area contributed by atoms with Crippen LogP contribution in [0.15, 0.2) is 12.1 Å². The first-order chi connectivity index (χ1) is 9.51. The van der Waals surface area contributed by atoms with Crippen LogP contribution in [0.5, 0.6) is 0 Å². The largest absolute Gasteiger partial charge is 0.385 e. The molecule has 2 atom stereocenters. The molecule has 0 aliphatic carbocycles. The van der Waals surface area contributed by atoms with Gasteiger partial charge >= 0.3 is 0 Å². The SMILES string of the molecule is Cc1cc(C#N)cc(C)c1C1(O)CC2CCCC(C1)N2. The van der Waals surface area contributed by atoms with E-state index in [2.05, 4.69) is 11.4 Å². The van der Waals surface area contributed by atoms with Gasteiger partial charge in [0.2, 0.25) is 0 Å². The maximum atomic E-state index is 11.3. The molecule has 0 saturated carbocycles. The summed E-state index contributed by atoms with van der Waals surface area (Å²) < 4.78 is 0. The number of aryl methyl sites for hydroxylation is 2. The fraction of sp³-hybridized carbons (Fsp3) is 0.588. The van der Waals surface area contributed by atoms with E-state index in [-0.39, 0.29) is 0 Å². The Morgan fingerprint density at radius 3 is 2.25 bits per heavy atom. The van der Waals surface area contributed by atoms with Gasteiger partial charge in [0.25, 0.3) is 0 Å². The van der Waals surface area contributed by atoms with Crippen LogP contribution in [0.3, 0.4) is 0 Å². The highest BCUT2D eigenvalue weighted by Gasteiger charge is 2.43. The number of nitriles is 1. The van der Waals surface area contributed by atoms with Gasteiger partial charge in [0.1, 0.15) is 0 Å². The average Bonchev–Trinajstić information content (AvgIpc) is 2.36. The van der Waals surface area contributed by atoms with E-state index in [1.54, 1.807) is 0 Å². The summed E-state index contributed by atoms with van der Waals surface area (Å²) in [7, 11) is 0. The number of fused-ring (bicyclic) bond motifs is 2. The molecule has 1 aromatic carbocycles. The third-order valence-electron chi connectivity index (χ3n) is 4.87. The Kier molecular flexibility index (Phi) is 3.32. The van der Waals surface area contributed by atoms with Crippen molar-refractivity contribution >= 4 is 0 Å². The van der Waals surface area contributed by atoms with Gasteiger partial charge in [-0.1, -0.05) is 6.42 Å². The van der Waals surface area contributed by atoms with Gasteiger partial charge in [-0.25, -0.2) is 0 Å². The monoisotopic (exact) mass is 270 g/mol. The third-order valence-corrected chi connectivity index (χ3v) is 4.87. The van der Waals surface area contributed by atoms with Gasteiger partial charge in [0, 0.05) is 12.1 Å². The summed E-state index contributed by atoms with van der Waals surface area (Å²) in [5, 5.41) is 23.9. The minimum atomic E-state index is -0.733. The molecule has 0 radical (unpaired) electrons. The second kappa shape index (κ2) is 4.87. The van der Waals surface area contributed by atoms with Crippen molar-refractivity contribution in [1.29, 1.82) is 5.26 Å². The molecule has 3 nitrogen and oxygen atoms in total. The molecule has 2 saturated heterocycles. The molecule has 1 aromatic rings. The summed E-state index contributed by atoms with van der Waals surface area (Å²) in [5.41, 5.74) is 3.09. The maximum absolute atomic E-state index is 11.3. The van der Waals surface area contributed by atoms with Crippen molar-refractivity contribution in [1.82, 2.24) is 5.32 Å². The van der Waals surface area contributed by atoms with Crippen LogP contribution >= 0.6 is 0 Å². The fourth-order valence-electron chi connectivity index (χ4n) is 4.30. The summed E-state index contributed by atoms with van der Waals surface area (Å²) in [4.78, 5) is 0. The van der Waals surface area contributed by atoms with Crippen LogP contribution in [0.1, 0.15) is 54.4 Å². The van der Waals surface area contributed by atoms with Gasteiger partial charge in [-0.2, -0.15) is 5.26 Å². The van der Waals surface area contributed by atoms with E-state index in [0.717, 1.165) is 42.4 Å². The van der Waals surface area contributed by atoms with Crippen molar-refractivity contribution in [2.45, 2.75) is 63.6 Å². The average molecular weight is 270 g/mol. The predicted octanol–water partition coefficient (Wildman–Crippen LogP) is 2.67. The maximum Gasteiger partial charge on any atom is 0.0991 e. The quantitative estimate of drug-likeness (QED) is 0.825. The van der Waals surface area contributed by atoms with Crippen LogP contribution in [0.4, 0.5) is 0 Å². The first-order valence-electron chi connectivity index (χ1n) is 7.52. The first kappa shape index (κ1) is 13.6. The van der Waals surface area contributed by atoms with Gasteiger partial charge in [-0.3, -0.25) is 0 Å². The van der Waals surface area contributed by atoms with E-state index in [4.69, 9.17) is 5.26 Å². The van der Waals surface area contributed by atoms with E-state index in [1.165, 1.54) is 6.42 Å². The number of benzene rings is 1. The van der Waals surface area contributed by atoms with Crippen molar-refractivity contribution in [2.75, 3.05) is 0 Å². The van der Waals surface area contributed by atoms with E-state index in [9.17, 15) is 5.11 Å².